The van der Waals surface area contributed by atoms with E-state index in [0.29, 0.717) is 5.56 Å². The van der Waals surface area contributed by atoms with Gasteiger partial charge in [0, 0.05) is 24.7 Å². The first-order valence-corrected chi connectivity index (χ1v) is 6.43. The lowest BCUT2D eigenvalue weighted by Gasteiger charge is -2.03. The number of rotatable bonds is 2. The van der Waals surface area contributed by atoms with Gasteiger partial charge in [-0.3, -0.25) is 9.48 Å². The molecule has 1 aromatic rings. The Hall–Kier alpha value is -1.21. The van der Waals surface area contributed by atoms with Gasteiger partial charge in [0.2, 0.25) is 0 Å². The van der Waals surface area contributed by atoms with E-state index in [4.69, 9.17) is 5.14 Å². The van der Waals surface area contributed by atoms with Crippen LogP contribution in [0.5, 0.6) is 0 Å². The number of carbonyl (C=O) groups excluding carboxylic acids is 1. The highest BCUT2D eigenvalue weighted by Crippen LogP contribution is 2.15. The van der Waals surface area contributed by atoms with Gasteiger partial charge in [0.25, 0.3) is 5.91 Å². The predicted molar refractivity (Wildman–Crippen MR) is 61.1 cm³/mol. The van der Waals surface area contributed by atoms with E-state index in [1.165, 1.54) is 6.92 Å². The quantitative estimate of drug-likeness (QED) is 0.842. The maximum Gasteiger partial charge on any atom is 0.252 e. The summed E-state index contributed by atoms with van der Waals surface area (Å²) in [7, 11) is -3.21. The predicted octanol–water partition coefficient (Wildman–Crippen LogP) is 1.02. The molecule has 1 rings (SSSR count). The summed E-state index contributed by atoms with van der Waals surface area (Å²) in [6.07, 6.45) is 1.74. The van der Waals surface area contributed by atoms with Crippen LogP contribution in [0.3, 0.4) is 0 Å². The topological polar surface area (TPSA) is 90.3 Å². The Labute approximate surface area is 95.1 Å². The highest BCUT2D eigenvalue weighted by molar-refractivity contribution is 7.91. The van der Waals surface area contributed by atoms with Gasteiger partial charge < -0.3 is 0 Å². The van der Waals surface area contributed by atoms with E-state index in [-0.39, 0.29) is 11.1 Å². The van der Waals surface area contributed by atoms with E-state index < -0.39 is 15.8 Å². The molecular weight excluding hydrogens is 228 g/mol. The average molecular weight is 244 g/mol. The largest absolute Gasteiger partial charge is 0.272 e. The summed E-state index contributed by atoms with van der Waals surface area (Å²) in [6.45, 7) is 6.83. The zero-order valence-corrected chi connectivity index (χ0v) is 10.6. The highest BCUT2D eigenvalue weighted by atomic mass is 32.2. The number of amides is 1. The molecule has 6 nitrogen and oxygen atoms in total. The van der Waals surface area contributed by atoms with Crippen molar-refractivity contribution in [3.8, 4) is 0 Å². The summed E-state index contributed by atoms with van der Waals surface area (Å²) in [5, 5.41) is 9.80. The van der Waals surface area contributed by atoms with Crippen molar-refractivity contribution in [1.29, 1.82) is 0 Å². The lowest BCUT2D eigenvalue weighted by molar-refractivity contribution is -0.115. The molecule has 0 bridgehead atoms. The molecule has 1 unspecified atom stereocenters. The minimum absolute atomic E-state index is 0.139. The third kappa shape index (κ3) is 2.67. The minimum Gasteiger partial charge on any atom is -0.272 e. The zero-order valence-electron chi connectivity index (χ0n) is 9.80. The Morgan fingerprint density at radius 3 is 2.56 bits per heavy atom. The Morgan fingerprint density at radius 1 is 1.62 bits per heavy atom. The van der Waals surface area contributed by atoms with Gasteiger partial charge in [0.15, 0.2) is 14.9 Å². The van der Waals surface area contributed by atoms with Crippen molar-refractivity contribution in [1.82, 2.24) is 9.78 Å². The van der Waals surface area contributed by atoms with Crippen molar-refractivity contribution in [2.24, 2.45) is 9.50 Å². The molecule has 7 heteroatoms. The van der Waals surface area contributed by atoms with Crippen molar-refractivity contribution < 1.29 is 9.00 Å². The molecule has 1 heterocycles. The van der Waals surface area contributed by atoms with Gasteiger partial charge in [0.1, 0.15) is 0 Å². The lowest BCUT2D eigenvalue weighted by Crippen LogP contribution is -2.16. The van der Waals surface area contributed by atoms with Gasteiger partial charge in [-0.05, 0) is 20.8 Å². The SMILES string of the molecule is CC(=O)N=S(N)(=O)c1nn(C(C)C)cc1C. The molecule has 0 saturated heterocycles. The Morgan fingerprint density at radius 2 is 2.19 bits per heavy atom. The van der Waals surface area contributed by atoms with E-state index >= 15 is 0 Å². The van der Waals surface area contributed by atoms with Gasteiger partial charge in [-0.2, -0.15) is 5.10 Å². The maximum absolute atomic E-state index is 12.0. The van der Waals surface area contributed by atoms with Crippen molar-refractivity contribution in [3.05, 3.63) is 11.8 Å². The molecule has 0 saturated carbocycles. The molecule has 0 aliphatic rings. The van der Waals surface area contributed by atoms with Gasteiger partial charge in [-0.1, -0.05) is 0 Å². The standard InChI is InChI=1S/C9H16N4O2S/c1-6(2)13-5-7(3)9(11-13)16(10,15)12-8(4)14/h5-6H,1-4H3,(H2,10,12,14,15). The van der Waals surface area contributed by atoms with Gasteiger partial charge >= 0.3 is 0 Å². The highest BCUT2D eigenvalue weighted by Gasteiger charge is 2.17. The molecule has 16 heavy (non-hydrogen) atoms. The molecule has 0 aromatic carbocycles. The number of aryl methyl sites for hydroxylation is 1. The smallest absolute Gasteiger partial charge is 0.252 e. The molecule has 1 atom stereocenters. The van der Waals surface area contributed by atoms with E-state index in [1.807, 2.05) is 13.8 Å². The van der Waals surface area contributed by atoms with Crippen LogP contribution < -0.4 is 5.14 Å². The third-order valence-corrected chi connectivity index (χ3v) is 3.43. The van der Waals surface area contributed by atoms with Crippen LogP contribution >= 0.6 is 0 Å². The maximum atomic E-state index is 12.0. The zero-order chi connectivity index (χ0) is 12.5. The number of aromatic nitrogens is 2. The second kappa shape index (κ2) is 4.34. The van der Waals surface area contributed by atoms with Crippen molar-refractivity contribution in [3.63, 3.8) is 0 Å². The Kier molecular flexibility index (Phi) is 3.49. The van der Waals surface area contributed by atoms with Crippen molar-refractivity contribution in [2.75, 3.05) is 0 Å². The second-order valence-electron chi connectivity index (χ2n) is 3.87. The summed E-state index contributed by atoms with van der Waals surface area (Å²) in [4.78, 5) is 10.8. The fourth-order valence-electron chi connectivity index (χ4n) is 1.25. The van der Waals surface area contributed by atoms with E-state index in [2.05, 4.69) is 9.46 Å². The van der Waals surface area contributed by atoms with Crippen LogP contribution in [-0.4, -0.2) is 19.9 Å². The molecule has 90 valence electrons. The first-order chi connectivity index (χ1) is 7.24. The number of hydrogen-bond acceptors (Lipinski definition) is 3. The summed E-state index contributed by atoms with van der Waals surface area (Å²) in [6, 6.07) is 0.139. The van der Waals surface area contributed by atoms with E-state index in [9.17, 15) is 9.00 Å². The monoisotopic (exact) mass is 244 g/mol. The van der Waals surface area contributed by atoms with Crippen LogP contribution in [-0.2, 0) is 14.7 Å². The fourth-order valence-corrected chi connectivity index (χ4v) is 2.45. The van der Waals surface area contributed by atoms with Gasteiger partial charge in [0.05, 0.1) is 0 Å². The third-order valence-electron chi connectivity index (χ3n) is 1.94. The number of nitrogens with two attached hydrogens (primary N) is 1. The first-order valence-electron chi connectivity index (χ1n) is 4.85. The van der Waals surface area contributed by atoms with Crippen molar-refractivity contribution >= 4 is 15.8 Å². The Bertz CT molecular complexity index is 524. The first kappa shape index (κ1) is 12.9. The molecule has 0 aliphatic carbocycles. The van der Waals surface area contributed by atoms with Gasteiger partial charge in [-0.15, -0.1) is 4.36 Å². The second-order valence-corrected chi connectivity index (χ2v) is 5.58. The molecule has 1 aromatic heterocycles. The van der Waals surface area contributed by atoms with Crippen LogP contribution in [0.2, 0.25) is 0 Å². The number of hydrogen-bond donors (Lipinski definition) is 1. The van der Waals surface area contributed by atoms with Crippen LogP contribution in [0.1, 0.15) is 32.4 Å². The normalized spacial score (nSPS) is 14.9. The summed E-state index contributed by atoms with van der Waals surface area (Å²) in [5.74, 6) is -0.564. The lowest BCUT2D eigenvalue weighted by atomic mass is 10.4. The van der Waals surface area contributed by atoms with Crippen molar-refractivity contribution in [2.45, 2.75) is 38.8 Å². The minimum atomic E-state index is -3.21. The molecular formula is C9H16N4O2S. The molecule has 0 radical (unpaired) electrons. The summed E-state index contributed by atoms with van der Waals surface area (Å²) in [5.41, 5.74) is 0.672. The number of nitrogens with zero attached hydrogens (tertiary/aromatic N) is 3. The van der Waals surface area contributed by atoms with E-state index in [0.717, 1.165) is 0 Å². The molecule has 1 amide bonds. The molecule has 0 fully saturated rings. The van der Waals surface area contributed by atoms with Gasteiger partial charge in [-0.25, -0.2) is 9.35 Å². The van der Waals surface area contributed by atoms with Crippen LogP contribution in [0.15, 0.2) is 15.6 Å². The van der Waals surface area contributed by atoms with Crippen LogP contribution in [0.4, 0.5) is 0 Å². The fraction of sp³-hybridized carbons (Fsp3) is 0.556. The summed E-state index contributed by atoms with van der Waals surface area (Å²) < 4.78 is 17.0. The van der Waals surface area contributed by atoms with Crippen LogP contribution in [0.25, 0.3) is 0 Å². The average Bonchev–Trinajstić information content (AvgIpc) is 2.45. The van der Waals surface area contributed by atoms with Crippen LogP contribution in [0, 0.1) is 6.92 Å². The summed E-state index contributed by atoms with van der Waals surface area (Å²) >= 11 is 0. The Balaban J connectivity index is 3.35. The van der Waals surface area contributed by atoms with E-state index in [1.54, 1.807) is 17.8 Å². The molecule has 2 N–H and O–H groups in total. The molecule has 0 aliphatic heterocycles. The molecule has 0 spiro atoms. The number of carbonyl (C=O) groups is 1.